The summed E-state index contributed by atoms with van der Waals surface area (Å²) in [6.07, 6.45) is -3.77. The van der Waals surface area contributed by atoms with E-state index in [9.17, 15) is 18.0 Å². The Morgan fingerprint density at radius 2 is 1.95 bits per heavy atom. The minimum absolute atomic E-state index is 0.183. The highest BCUT2D eigenvalue weighted by Gasteiger charge is 2.38. The lowest BCUT2D eigenvalue weighted by Gasteiger charge is -2.36. The van der Waals surface area contributed by atoms with Gasteiger partial charge in [0.25, 0.3) is 0 Å². The standard InChI is InChI=1S/C14H15F3O3/c15-14(16,17)11-3-1-2-10(8-11)13(9-12(18)19)4-6-20-7-5-13/h1-3,8H,4-7,9H2,(H,18,19). The van der Waals surface area contributed by atoms with E-state index in [2.05, 4.69) is 0 Å². The SMILES string of the molecule is O=C(O)CC1(c2cccc(C(F)(F)F)c2)CCOCC1. The molecule has 0 aromatic heterocycles. The summed E-state index contributed by atoms with van der Waals surface area (Å²) in [5, 5.41) is 9.06. The van der Waals surface area contributed by atoms with Crippen LogP contribution in [0, 0.1) is 0 Å². The Bertz CT molecular complexity index is 491. The minimum atomic E-state index is -4.43. The van der Waals surface area contributed by atoms with Crippen LogP contribution in [0.5, 0.6) is 0 Å². The van der Waals surface area contributed by atoms with Crippen molar-refractivity contribution in [1.82, 2.24) is 0 Å². The van der Waals surface area contributed by atoms with E-state index in [1.54, 1.807) is 6.07 Å². The molecule has 0 amide bonds. The van der Waals surface area contributed by atoms with Crippen molar-refractivity contribution in [3.8, 4) is 0 Å². The molecule has 110 valence electrons. The van der Waals surface area contributed by atoms with E-state index in [1.807, 2.05) is 0 Å². The maximum Gasteiger partial charge on any atom is 0.416 e. The highest BCUT2D eigenvalue weighted by Crippen LogP contribution is 2.40. The maximum absolute atomic E-state index is 12.8. The number of halogens is 3. The molecule has 2 rings (SSSR count). The van der Waals surface area contributed by atoms with E-state index in [0.717, 1.165) is 12.1 Å². The van der Waals surface area contributed by atoms with Crippen LogP contribution in [-0.4, -0.2) is 24.3 Å². The van der Waals surface area contributed by atoms with Crippen LogP contribution in [0.1, 0.15) is 30.4 Å². The van der Waals surface area contributed by atoms with Crippen molar-refractivity contribution in [2.24, 2.45) is 0 Å². The van der Waals surface area contributed by atoms with Crippen LogP contribution < -0.4 is 0 Å². The van der Waals surface area contributed by atoms with Gasteiger partial charge >= 0.3 is 12.1 Å². The molecular formula is C14H15F3O3. The smallest absolute Gasteiger partial charge is 0.416 e. The van der Waals surface area contributed by atoms with Gasteiger partial charge in [-0.3, -0.25) is 4.79 Å². The number of aliphatic carboxylic acids is 1. The molecular weight excluding hydrogens is 273 g/mol. The van der Waals surface area contributed by atoms with E-state index in [4.69, 9.17) is 9.84 Å². The summed E-state index contributed by atoms with van der Waals surface area (Å²) in [4.78, 5) is 11.1. The van der Waals surface area contributed by atoms with E-state index >= 15 is 0 Å². The van der Waals surface area contributed by atoms with Crippen LogP contribution in [0.2, 0.25) is 0 Å². The molecule has 0 atom stereocenters. The summed E-state index contributed by atoms with van der Waals surface area (Å²) in [7, 11) is 0. The van der Waals surface area contributed by atoms with Crippen molar-refractivity contribution in [2.45, 2.75) is 30.9 Å². The van der Waals surface area contributed by atoms with Crippen LogP contribution >= 0.6 is 0 Å². The van der Waals surface area contributed by atoms with Crippen molar-refractivity contribution >= 4 is 5.97 Å². The number of benzene rings is 1. The summed E-state index contributed by atoms with van der Waals surface area (Å²) in [5.74, 6) is -1.01. The third-order valence-corrected chi connectivity index (χ3v) is 3.74. The first-order valence-corrected chi connectivity index (χ1v) is 6.31. The summed E-state index contributed by atoms with van der Waals surface area (Å²) in [6.45, 7) is 0.729. The molecule has 1 aliphatic heterocycles. The largest absolute Gasteiger partial charge is 0.481 e. The molecule has 1 saturated heterocycles. The first-order chi connectivity index (χ1) is 9.33. The lowest BCUT2D eigenvalue weighted by Crippen LogP contribution is -2.36. The zero-order valence-corrected chi connectivity index (χ0v) is 10.7. The number of carboxylic acid groups (broad SMARTS) is 1. The molecule has 20 heavy (non-hydrogen) atoms. The molecule has 3 nitrogen and oxygen atoms in total. The number of carbonyl (C=O) groups is 1. The van der Waals surface area contributed by atoms with Crippen molar-refractivity contribution in [1.29, 1.82) is 0 Å². The van der Waals surface area contributed by atoms with Gasteiger partial charge < -0.3 is 9.84 Å². The summed E-state index contributed by atoms with van der Waals surface area (Å²) in [6, 6.07) is 4.96. The van der Waals surface area contributed by atoms with Gasteiger partial charge in [-0.05, 0) is 24.5 Å². The van der Waals surface area contributed by atoms with Gasteiger partial charge in [-0.15, -0.1) is 0 Å². The molecule has 0 spiro atoms. The van der Waals surface area contributed by atoms with Crippen molar-refractivity contribution in [3.63, 3.8) is 0 Å². The Labute approximate surface area is 114 Å². The predicted octanol–water partition coefficient (Wildman–Crippen LogP) is 3.23. The normalized spacial score (nSPS) is 18.8. The van der Waals surface area contributed by atoms with Crippen LogP contribution in [0.15, 0.2) is 24.3 Å². The number of hydrogen-bond acceptors (Lipinski definition) is 2. The van der Waals surface area contributed by atoms with E-state index in [0.29, 0.717) is 31.6 Å². The van der Waals surface area contributed by atoms with Gasteiger partial charge in [0.05, 0.1) is 12.0 Å². The zero-order chi connectivity index (χ0) is 14.8. The average molecular weight is 288 g/mol. The van der Waals surface area contributed by atoms with Crippen LogP contribution in [-0.2, 0) is 21.1 Å². The highest BCUT2D eigenvalue weighted by molar-refractivity contribution is 5.69. The number of carboxylic acids is 1. The quantitative estimate of drug-likeness (QED) is 0.929. The van der Waals surface area contributed by atoms with Crippen LogP contribution in [0.25, 0.3) is 0 Å². The van der Waals surface area contributed by atoms with Crippen molar-refractivity contribution in [3.05, 3.63) is 35.4 Å². The number of hydrogen-bond donors (Lipinski definition) is 1. The van der Waals surface area contributed by atoms with Crippen LogP contribution in [0.3, 0.4) is 0 Å². The van der Waals surface area contributed by atoms with Gasteiger partial charge in [-0.1, -0.05) is 18.2 Å². The monoisotopic (exact) mass is 288 g/mol. The predicted molar refractivity (Wildman–Crippen MR) is 65.4 cm³/mol. The Morgan fingerprint density at radius 3 is 2.50 bits per heavy atom. The van der Waals surface area contributed by atoms with Gasteiger partial charge in [0.15, 0.2) is 0 Å². The fourth-order valence-corrected chi connectivity index (χ4v) is 2.64. The second-order valence-electron chi connectivity index (χ2n) is 5.04. The second kappa shape index (κ2) is 5.44. The minimum Gasteiger partial charge on any atom is -0.481 e. The van der Waals surface area contributed by atoms with Crippen molar-refractivity contribution in [2.75, 3.05) is 13.2 Å². The van der Waals surface area contributed by atoms with E-state index < -0.39 is 23.1 Å². The van der Waals surface area contributed by atoms with Gasteiger partial charge in [0, 0.05) is 18.6 Å². The van der Waals surface area contributed by atoms with Crippen LogP contribution in [0.4, 0.5) is 13.2 Å². The first kappa shape index (κ1) is 14.8. The Balaban J connectivity index is 2.41. The maximum atomic E-state index is 12.8. The third kappa shape index (κ3) is 3.12. The van der Waals surface area contributed by atoms with Gasteiger partial charge in [-0.2, -0.15) is 13.2 Å². The third-order valence-electron chi connectivity index (χ3n) is 3.74. The summed E-state index contributed by atoms with van der Waals surface area (Å²) < 4.78 is 43.6. The molecule has 6 heteroatoms. The van der Waals surface area contributed by atoms with Crippen molar-refractivity contribution < 1.29 is 27.8 Å². The molecule has 0 bridgehead atoms. The molecule has 1 heterocycles. The number of rotatable bonds is 3. The van der Waals surface area contributed by atoms with Gasteiger partial charge in [0.1, 0.15) is 0 Å². The molecule has 0 saturated carbocycles. The Morgan fingerprint density at radius 1 is 1.30 bits per heavy atom. The first-order valence-electron chi connectivity index (χ1n) is 6.31. The molecule has 0 radical (unpaired) electrons. The highest BCUT2D eigenvalue weighted by atomic mass is 19.4. The second-order valence-corrected chi connectivity index (χ2v) is 5.04. The fraction of sp³-hybridized carbons (Fsp3) is 0.500. The van der Waals surface area contributed by atoms with Gasteiger partial charge in [-0.25, -0.2) is 0 Å². The molecule has 1 fully saturated rings. The summed E-state index contributed by atoms with van der Waals surface area (Å²) in [5.41, 5.74) is -1.09. The molecule has 1 N–H and O–H groups in total. The lowest BCUT2D eigenvalue weighted by atomic mass is 9.71. The van der Waals surface area contributed by atoms with E-state index in [1.165, 1.54) is 6.07 Å². The Kier molecular flexibility index (Phi) is 4.04. The molecule has 1 aliphatic rings. The summed E-state index contributed by atoms with van der Waals surface area (Å²) >= 11 is 0. The molecule has 1 aromatic carbocycles. The fourth-order valence-electron chi connectivity index (χ4n) is 2.64. The number of alkyl halides is 3. The zero-order valence-electron chi connectivity index (χ0n) is 10.7. The topological polar surface area (TPSA) is 46.5 Å². The van der Waals surface area contributed by atoms with Gasteiger partial charge in [0.2, 0.25) is 0 Å². The number of ether oxygens (including phenoxy) is 1. The van der Waals surface area contributed by atoms with E-state index in [-0.39, 0.29) is 6.42 Å². The molecule has 0 unspecified atom stereocenters. The lowest BCUT2D eigenvalue weighted by molar-refractivity contribution is -0.139. The average Bonchev–Trinajstić information content (AvgIpc) is 2.38. The Hall–Kier alpha value is -1.56. The molecule has 1 aromatic rings. The molecule has 0 aliphatic carbocycles.